The summed E-state index contributed by atoms with van der Waals surface area (Å²) in [4.78, 5) is 25.6. The number of nitrogens with one attached hydrogen (secondary N) is 1. The summed E-state index contributed by atoms with van der Waals surface area (Å²) in [6.45, 7) is 1.22. The Balaban J connectivity index is 1.67. The third-order valence-corrected chi connectivity index (χ3v) is 6.05. The maximum absolute atomic E-state index is 12.8. The number of carbonyl (C=O) groups is 2. The molecule has 8 heteroatoms. The van der Waals surface area contributed by atoms with Gasteiger partial charge in [0.2, 0.25) is 5.91 Å². The van der Waals surface area contributed by atoms with Crippen molar-refractivity contribution in [1.82, 2.24) is 10.2 Å². The maximum atomic E-state index is 12.8. The SMILES string of the molecule is CN1CCCC(CNC(=O)[C@@H]2CC[C@@H]2C(=O)O)C1c1ccc(C(F)(F)F)cc1. The molecule has 1 saturated heterocycles. The van der Waals surface area contributed by atoms with Crippen LogP contribution in [0.2, 0.25) is 0 Å². The summed E-state index contributed by atoms with van der Waals surface area (Å²) in [5, 5.41) is 12.0. The third-order valence-electron chi connectivity index (χ3n) is 6.05. The zero-order chi connectivity index (χ0) is 20.5. The highest BCUT2D eigenvalue weighted by Gasteiger charge is 2.42. The van der Waals surface area contributed by atoms with Crippen LogP contribution in [0.1, 0.15) is 42.9 Å². The lowest BCUT2D eigenvalue weighted by atomic mass is 9.73. The Morgan fingerprint density at radius 3 is 2.32 bits per heavy atom. The fourth-order valence-electron chi connectivity index (χ4n) is 4.34. The quantitative estimate of drug-likeness (QED) is 0.799. The number of hydrogen-bond acceptors (Lipinski definition) is 3. The Labute approximate surface area is 161 Å². The van der Waals surface area contributed by atoms with Crippen molar-refractivity contribution in [2.75, 3.05) is 20.1 Å². The van der Waals surface area contributed by atoms with Crippen molar-refractivity contribution >= 4 is 11.9 Å². The molecule has 0 bridgehead atoms. The number of halogens is 3. The van der Waals surface area contributed by atoms with Crippen LogP contribution in [0.15, 0.2) is 24.3 Å². The average Bonchev–Trinajstić information content (AvgIpc) is 2.58. The molecule has 5 nitrogen and oxygen atoms in total. The molecule has 2 unspecified atom stereocenters. The summed E-state index contributed by atoms with van der Waals surface area (Å²) in [6.07, 6.45) is -1.48. The van der Waals surface area contributed by atoms with Crippen molar-refractivity contribution in [2.45, 2.75) is 37.9 Å². The van der Waals surface area contributed by atoms with Crippen molar-refractivity contribution in [3.63, 3.8) is 0 Å². The number of likely N-dealkylation sites (tertiary alicyclic amines) is 1. The molecule has 2 N–H and O–H groups in total. The van der Waals surface area contributed by atoms with Gasteiger partial charge in [0.1, 0.15) is 0 Å². The first-order valence-corrected chi connectivity index (χ1v) is 9.56. The minimum absolute atomic E-state index is 0.0581. The molecule has 0 aromatic heterocycles. The summed E-state index contributed by atoms with van der Waals surface area (Å²) in [6, 6.07) is 5.12. The van der Waals surface area contributed by atoms with Crippen molar-refractivity contribution < 1.29 is 27.9 Å². The average molecular weight is 398 g/mol. The highest BCUT2D eigenvalue weighted by atomic mass is 19.4. The van der Waals surface area contributed by atoms with Crippen LogP contribution in [0.5, 0.6) is 0 Å². The van der Waals surface area contributed by atoms with Crippen LogP contribution in [0, 0.1) is 17.8 Å². The number of piperidine rings is 1. The number of benzene rings is 1. The maximum Gasteiger partial charge on any atom is 0.416 e. The van der Waals surface area contributed by atoms with Crippen LogP contribution in [-0.4, -0.2) is 42.0 Å². The lowest BCUT2D eigenvalue weighted by Crippen LogP contribution is -2.47. The van der Waals surface area contributed by atoms with Gasteiger partial charge < -0.3 is 10.4 Å². The number of hydrogen-bond donors (Lipinski definition) is 2. The molecule has 2 fully saturated rings. The van der Waals surface area contributed by atoms with Gasteiger partial charge in [0.05, 0.1) is 17.4 Å². The van der Waals surface area contributed by atoms with E-state index in [1.807, 2.05) is 7.05 Å². The number of alkyl halides is 3. The van der Waals surface area contributed by atoms with E-state index in [1.54, 1.807) is 0 Å². The fraction of sp³-hybridized carbons (Fsp3) is 0.600. The first-order valence-electron chi connectivity index (χ1n) is 9.56. The van der Waals surface area contributed by atoms with E-state index < -0.39 is 29.5 Å². The van der Waals surface area contributed by atoms with E-state index >= 15 is 0 Å². The fourth-order valence-corrected chi connectivity index (χ4v) is 4.34. The van der Waals surface area contributed by atoms with E-state index in [4.69, 9.17) is 5.11 Å². The number of aliphatic carboxylic acids is 1. The third kappa shape index (κ3) is 4.32. The molecule has 4 atom stereocenters. The summed E-state index contributed by atoms with van der Waals surface area (Å²) < 4.78 is 38.5. The molecule has 28 heavy (non-hydrogen) atoms. The van der Waals surface area contributed by atoms with Gasteiger partial charge in [-0.1, -0.05) is 12.1 Å². The minimum atomic E-state index is -4.37. The standard InChI is InChI=1S/C20H25F3N2O3/c1-25-10-2-3-13(11-24-18(26)15-8-9-16(15)19(27)28)17(25)12-4-6-14(7-5-12)20(21,22)23/h4-7,13,15-17H,2-3,8-11H2,1H3,(H,24,26)(H,27,28)/t13?,15-,16+,17?/m1/s1. The van der Waals surface area contributed by atoms with Crippen LogP contribution in [-0.2, 0) is 15.8 Å². The topological polar surface area (TPSA) is 69.6 Å². The van der Waals surface area contributed by atoms with Crippen molar-refractivity contribution in [1.29, 1.82) is 0 Å². The van der Waals surface area contributed by atoms with Gasteiger partial charge in [-0.2, -0.15) is 13.2 Å². The minimum Gasteiger partial charge on any atom is -0.481 e. The predicted molar refractivity (Wildman–Crippen MR) is 96.4 cm³/mol. The molecule has 1 aliphatic carbocycles. The predicted octanol–water partition coefficient (Wildman–Crippen LogP) is 3.32. The Bertz CT molecular complexity index is 720. The number of carboxylic acid groups (broad SMARTS) is 1. The Kier molecular flexibility index (Phi) is 5.98. The molecule has 1 aromatic carbocycles. The largest absolute Gasteiger partial charge is 0.481 e. The lowest BCUT2D eigenvalue weighted by molar-refractivity contribution is -0.152. The molecule has 1 aliphatic heterocycles. The van der Waals surface area contributed by atoms with E-state index in [9.17, 15) is 22.8 Å². The molecule has 1 heterocycles. The van der Waals surface area contributed by atoms with Crippen LogP contribution in [0.4, 0.5) is 13.2 Å². The lowest BCUT2D eigenvalue weighted by Gasteiger charge is -2.40. The van der Waals surface area contributed by atoms with Crippen molar-refractivity contribution in [2.24, 2.45) is 17.8 Å². The second-order valence-electron chi connectivity index (χ2n) is 7.82. The van der Waals surface area contributed by atoms with Gasteiger partial charge in [-0.15, -0.1) is 0 Å². The Morgan fingerprint density at radius 1 is 1.14 bits per heavy atom. The van der Waals surface area contributed by atoms with Gasteiger partial charge in [0, 0.05) is 12.6 Å². The highest BCUT2D eigenvalue weighted by molar-refractivity contribution is 5.86. The number of carboxylic acids is 1. The normalized spacial score (nSPS) is 28.4. The zero-order valence-corrected chi connectivity index (χ0v) is 15.7. The number of carbonyl (C=O) groups excluding carboxylic acids is 1. The first-order chi connectivity index (χ1) is 13.2. The van der Waals surface area contributed by atoms with Gasteiger partial charge in [-0.25, -0.2) is 0 Å². The molecule has 3 rings (SSSR count). The van der Waals surface area contributed by atoms with Crippen molar-refractivity contribution in [3.8, 4) is 0 Å². The van der Waals surface area contributed by atoms with E-state index in [2.05, 4.69) is 10.2 Å². The summed E-state index contributed by atoms with van der Waals surface area (Å²) in [5.41, 5.74) is 0.116. The second-order valence-corrected chi connectivity index (χ2v) is 7.82. The van der Waals surface area contributed by atoms with Gasteiger partial charge in [0.15, 0.2) is 0 Å². The first kappa shape index (κ1) is 20.6. The second kappa shape index (κ2) is 8.11. The zero-order valence-electron chi connectivity index (χ0n) is 15.7. The van der Waals surface area contributed by atoms with Gasteiger partial charge >= 0.3 is 12.1 Å². The van der Waals surface area contributed by atoms with Gasteiger partial charge in [-0.3, -0.25) is 14.5 Å². The molecule has 1 aromatic rings. The molecular formula is C20H25F3N2O3. The number of nitrogens with zero attached hydrogens (tertiary/aromatic N) is 1. The van der Waals surface area contributed by atoms with Crippen LogP contribution in [0.25, 0.3) is 0 Å². The monoisotopic (exact) mass is 398 g/mol. The molecule has 1 saturated carbocycles. The smallest absolute Gasteiger partial charge is 0.416 e. The van der Waals surface area contributed by atoms with E-state index in [-0.39, 0.29) is 17.9 Å². The van der Waals surface area contributed by atoms with Crippen LogP contribution < -0.4 is 5.32 Å². The van der Waals surface area contributed by atoms with E-state index in [0.717, 1.165) is 37.1 Å². The molecule has 154 valence electrons. The van der Waals surface area contributed by atoms with Crippen molar-refractivity contribution in [3.05, 3.63) is 35.4 Å². The van der Waals surface area contributed by atoms with Gasteiger partial charge in [0.25, 0.3) is 0 Å². The van der Waals surface area contributed by atoms with Gasteiger partial charge in [-0.05, 0) is 62.9 Å². The summed E-state index contributed by atoms with van der Waals surface area (Å²) >= 11 is 0. The van der Waals surface area contributed by atoms with E-state index in [0.29, 0.717) is 19.4 Å². The number of amides is 1. The molecular weight excluding hydrogens is 373 g/mol. The molecule has 0 spiro atoms. The van der Waals surface area contributed by atoms with E-state index in [1.165, 1.54) is 12.1 Å². The summed E-state index contributed by atoms with van der Waals surface area (Å²) in [7, 11) is 1.93. The Morgan fingerprint density at radius 2 is 1.79 bits per heavy atom. The Hall–Kier alpha value is -2.09. The number of rotatable bonds is 5. The summed E-state index contributed by atoms with van der Waals surface area (Å²) in [5.74, 6) is -2.21. The highest BCUT2D eigenvalue weighted by Crippen LogP contribution is 2.38. The van der Waals surface area contributed by atoms with Crippen LogP contribution in [0.3, 0.4) is 0 Å². The van der Waals surface area contributed by atoms with Crippen LogP contribution >= 0.6 is 0 Å². The molecule has 2 aliphatic rings. The molecule has 0 radical (unpaired) electrons. The molecule has 1 amide bonds.